The summed E-state index contributed by atoms with van der Waals surface area (Å²) in [6, 6.07) is 4.35. The van der Waals surface area contributed by atoms with Gasteiger partial charge < -0.3 is 5.32 Å². The van der Waals surface area contributed by atoms with Crippen LogP contribution in [0.2, 0.25) is 0 Å². The normalized spacial score (nSPS) is 27.4. The van der Waals surface area contributed by atoms with E-state index in [2.05, 4.69) is 36.3 Å². The van der Waals surface area contributed by atoms with Gasteiger partial charge in [-0.2, -0.15) is 0 Å². The number of hydrogen-bond donors (Lipinski definition) is 1. The average Bonchev–Trinajstić information content (AvgIpc) is 2.43. The molecule has 2 rings (SSSR count). The van der Waals surface area contributed by atoms with Crippen LogP contribution in [0.25, 0.3) is 0 Å². The van der Waals surface area contributed by atoms with Crippen molar-refractivity contribution in [1.29, 1.82) is 0 Å². The monoisotopic (exact) mass is 260 g/mol. The van der Waals surface area contributed by atoms with Crippen LogP contribution < -0.4 is 5.32 Å². The highest BCUT2D eigenvalue weighted by atomic mass is 14.9. The van der Waals surface area contributed by atoms with E-state index in [1.165, 1.54) is 44.2 Å². The Morgan fingerprint density at radius 2 is 2.00 bits per heavy atom. The molecule has 1 heterocycles. The molecule has 3 unspecified atom stereocenters. The Balaban J connectivity index is 1.92. The summed E-state index contributed by atoms with van der Waals surface area (Å²) in [4.78, 5) is 4.12. The second kappa shape index (κ2) is 7.64. The molecule has 1 aliphatic rings. The maximum atomic E-state index is 4.12. The molecule has 1 aromatic rings. The molecular weight excluding hydrogens is 232 g/mol. The van der Waals surface area contributed by atoms with Crippen molar-refractivity contribution >= 4 is 0 Å². The lowest BCUT2D eigenvalue weighted by atomic mass is 9.72. The smallest absolute Gasteiger partial charge is 0.0270 e. The van der Waals surface area contributed by atoms with Crippen molar-refractivity contribution in [2.45, 2.75) is 46.0 Å². The van der Waals surface area contributed by atoms with Crippen LogP contribution in [0.1, 0.15) is 45.1 Å². The average molecular weight is 260 g/mol. The zero-order valence-corrected chi connectivity index (χ0v) is 12.4. The van der Waals surface area contributed by atoms with Gasteiger partial charge in [0.2, 0.25) is 0 Å². The van der Waals surface area contributed by atoms with Gasteiger partial charge >= 0.3 is 0 Å². The van der Waals surface area contributed by atoms with Crippen molar-refractivity contribution in [1.82, 2.24) is 10.3 Å². The molecule has 1 aliphatic carbocycles. The third kappa shape index (κ3) is 4.61. The van der Waals surface area contributed by atoms with Crippen molar-refractivity contribution in [3.05, 3.63) is 30.1 Å². The summed E-state index contributed by atoms with van der Waals surface area (Å²) in [6.07, 6.45) is 10.5. The molecule has 19 heavy (non-hydrogen) atoms. The van der Waals surface area contributed by atoms with Crippen LogP contribution >= 0.6 is 0 Å². The molecule has 2 heteroatoms. The predicted molar refractivity (Wildman–Crippen MR) is 81.1 cm³/mol. The molecule has 0 bridgehead atoms. The van der Waals surface area contributed by atoms with E-state index in [4.69, 9.17) is 0 Å². The molecular formula is C17H28N2. The van der Waals surface area contributed by atoms with Crippen LogP contribution in [-0.4, -0.2) is 18.1 Å². The van der Waals surface area contributed by atoms with E-state index in [1.54, 1.807) is 0 Å². The number of aromatic nitrogens is 1. The fourth-order valence-electron chi connectivity index (χ4n) is 3.37. The number of pyridine rings is 1. The van der Waals surface area contributed by atoms with Crippen LogP contribution in [-0.2, 0) is 6.42 Å². The van der Waals surface area contributed by atoms with Crippen molar-refractivity contribution in [3.8, 4) is 0 Å². The number of rotatable bonds is 6. The second-order valence-electron chi connectivity index (χ2n) is 6.20. The molecule has 0 spiro atoms. The van der Waals surface area contributed by atoms with Gasteiger partial charge in [0.1, 0.15) is 0 Å². The fourth-order valence-corrected chi connectivity index (χ4v) is 3.37. The molecule has 106 valence electrons. The molecule has 0 aromatic carbocycles. The molecule has 0 saturated heterocycles. The van der Waals surface area contributed by atoms with Crippen molar-refractivity contribution in [2.75, 3.05) is 13.1 Å². The zero-order chi connectivity index (χ0) is 13.5. The van der Waals surface area contributed by atoms with Crippen LogP contribution in [0.4, 0.5) is 0 Å². The highest BCUT2D eigenvalue weighted by Gasteiger charge is 2.28. The molecule has 1 N–H and O–H groups in total. The largest absolute Gasteiger partial charge is 0.316 e. The van der Waals surface area contributed by atoms with Gasteiger partial charge in [0, 0.05) is 12.4 Å². The Labute approximate surface area is 118 Å². The first-order valence-corrected chi connectivity index (χ1v) is 7.89. The highest BCUT2D eigenvalue weighted by Crippen LogP contribution is 2.35. The summed E-state index contributed by atoms with van der Waals surface area (Å²) in [5, 5.41) is 3.62. The Kier molecular flexibility index (Phi) is 5.84. The minimum absolute atomic E-state index is 0.843. The molecule has 2 nitrogen and oxygen atoms in total. The molecule has 0 amide bonds. The maximum Gasteiger partial charge on any atom is 0.0270 e. The summed E-state index contributed by atoms with van der Waals surface area (Å²) < 4.78 is 0. The van der Waals surface area contributed by atoms with E-state index in [0.717, 1.165) is 24.3 Å². The lowest BCUT2D eigenvalue weighted by Gasteiger charge is -2.35. The first-order valence-electron chi connectivity index (χ1n) is 7.89. The van der Waals surface area contributed by atoms with E-state index < -0.39 is 0 Å². The van der Waals surface area contributed by atoms with E-state index in [0.29, 0.717) is 0 Å². The van der Waals surface area contributed by atoms with E-state index in [9.17, 15) is 0 Å². The van der Waals surface area contributed by atoms with Gasteiger partial charge in [-0.15, -0.1) is 0 Å². The molecule has 0 aliphatic heterocycles. The van der Waals surface area contributed by atoms with Gasteiger partial charge in [0.25, 0.3) is 0 Å². The second-order valence-corrected chi connectivity index (χ2v) is 6.20. The fraction of sp³-hybridized carbons (Fsp3) is 0.706. The van der Waals surface area contributed by atoms with Crippen molar-refractivity contribution in [2.24, 2.45) is 17.8 Å². The molecule has 3 atom stereocenters. The summed E-state index contributed by atoms with van der Waals surface area (Å²) in [7, 11) is 0. The van der Waals surface area contributed by atoms with Crippen LogP contribution in [0.15, 0.2) is 24.5 Å². The summed E-state index contributed by atoms with van der Waals surface area (Å²) in [5.74, 6) is 2.60. The van der Waals surface area contributed by atoms with Crippen LogP contribution in [0.3, 0.4) is 0 Å². The lowest BCUT2D eigenvalue weighted by Crippen LogP contribution is -2.34. The third-order valence-corrected chi connectivity index (χ3v) is 4.48. The highest BCUT2D eigenvalue weighted by molar-refractivity contribution is 5.11. The Bertz CT molecular complexity index is 350. The van der Waals surface area contributed by atoms with Gasteiger partial charge in [0.05, 0.1) is 0 Å². The number of nitrogens with one attached hydrogen (secondary N) is 1. The topological polar surface area (TPSA) is 24.9 Å². The third-order valence-electron chi connectivity index (χ3n) is 4.48. The zero-order valence-electron chi connectivity index (χ0n) is 12.4. The van der Waals surface area contributed by atoms with Crippen LogP contribution in [0, 0.1) is 17.8 Å². The molecule has 1 saturated carbocycles. The standard InChI is InChI=1S/C17H28N2/c1-3-8-19-13-16-5-4-14(2)11-17(16)12-15-6-9-18-10-7-15/h6-7,9-10,14,16-17,19H,3-5,8,11-13H2,1-2H3. The van der Waals surface area contributed by atoms with Gasteiger partial charge in [-0.05, 0) is 74.2 Å². The SMILES string of the molecule is CCCNCC1CCC(C)CC1Cc1ccncc1. The van der Waals surface area contributed by atoms with E-state index in [-0.39, 0.29) is 0 Å². The summed E-state index contributed by atoms with van der Waals surface area (Å²) >= 11 is 0. The Morgan fingerprint density at radius 1 is 1.21 bits per heavy atom. The minimum atomic E-state index is 0.843. The van der Waals surface area contributed by atoms with Crippen LogP contribution in [0.5, 0.6) is 0 Å². The van der Waals surface area contributed by atoms with Crippen molar-refractivity contribution in [3.63, 3.8) is 0 Å². The van der Waals surface area contributed by atoms with E-state index >= 15 is 0 Å². The van der Waals surface area contributed by atoms with Gasteiger partial charge in [0.15, 0.2) is 0 Å². The predicted octanol–water partition coefficient (Wildman–Crippen LogP) is 3.68. The Morgan fingerprint density at radius 3 is 2.74 bits per heavy atom. The van der Waals surface area contributed by atoms with Crippen molar-refractivity contribution < 1.29 is 0 Å². The first-order chi connectivity index (χ1) is 9.29. The summed E-state index contributed by atoms with van der Waals surface area (Å²) in [5.41, 5.74) is 1.45. The van der Waals surface area contributed by atoms with Gasteiger partial charge in [-0.1, -0.05) is 20.3 Å². The summed E-state index contributed by atoms with van der Waals surface area (Å²) in [6.45, 7) is 7.02. The number of hydrogen-bond acceptors (Lipinski definition) is 2. The minimum Gasteiger partial charge on any atom is -0.316 e. The Hall–Kier alpha value is -0.890. The quantitative estimate of drug-likeness (QED) is 0.789. The maximum absolute atomic E-state index is 4.12. The lowest BCUT2D eigenvalue weighted by molar-refractivity contribution is 0.184. The molecule has 1 fully saturated rings. The van der Waals surface area contributed by atoms with Gasteiger partial charge in [-0.25, -0.2) is 0 Å². The number of nitrogens with zero attached hydrogens (tertiary/aromatic N) is 1. The first kappa shape index (κ1) is 14.5. The van der Waals surface area contributed by atoms with Gasteiger partial charge in [-0.3, -0.25) is 4.98 Å². The molecule has 1 aromatic heterocycles. The van der Waals surface area contributed by atoms with E-state index in [1.807, 2.05) is 12.4 Å². The molecule has 0 radical (unpaired) electrons.